The maximum absolute atomic E-state index is 12.1. The van der Waals surface area contributed by atoms with Crippen LogP contribution in [0, 0.1) is 11.3 Å². The van der Waals surface area contributed by atoms with Crippen LogP contribution in [0.5, 0.6) is 0 Å². The molecule has 2 aromatic heterocycles. The molecule has 39 heavy (non-hydrogen) atoms. The zero-order chi connectivity index (χ0) is 28.2. The van der Waals surface area contributed by atoms with Crippen LogP contribution in [0.4, 0.5) is 5.69 Å². The Morgan fingerprint density at radius 2 is 2.10 bits per heavy atom. The number of esters is 1. The fourth-order valence-electron chi connectivity index (χ4n) is 4.74. The number of carbonyl (C=O) groups excluding carboxylic acids is 1. The van der Waals surface area contributed by atoms with Gasteiger partial charge >= 0.3 is 13.6 Å². The second-order valence-corrected chi connectivity index (χ2v) is 11.7. The first-order valence-electron chi connectivity index (χ1n) is 12.7. The SMILES string of the molecule is CCCC(=O)OCOP(=O)(O)COC[C@H]1O[C@@H](n2ccc3c(NC4CCCC4)c(C#N)c(Cl)nc32)[C@H](O)[C@@H]1O. The van der Waals surface area contributed by atoms with E-state index in [1.54, 1.807) is 19.2 Å². The van der Waals surface area contributed by atoms with Crippen LogP contribution in [0.25, 0.3) is 11.0 Å². The highest BCUT2D eigenvalue weighted by Gasteiger charge is 2.44. The van der Waals surface area contributed by atoms with E-state index in [1.165, 1.54) is 4.57 Å². The van der Waals surface area contributed by atoms with Crippen LogP contribution in [-0.4, -0.2) is 74.7 Å². The smallest absolute Gasteiger partial charge is 0.356 e. The van der Waals surface area contributed by atoms with Gasteiger partial charge in [0.25, 0.3) is 0 Å². The summed E-state index contributed by atoms with van der Waals surface area (Å²) >= 11 is 6.35. The van der Waals surface area contributed by atoms with Gasteiger partial charge in [-0.3, -0.25) is 13.9 Å². The van der Waals surface area contributed by atoms with Gasteiger partial charge in [0.05, 0.1) is 12.3 Å². The number of aliphatic hydroxyl groups excluding tert-OH is 2. The average molecular weight is 587 g/mol. The third-order valence-electron chi connectivity index (χ3n) is 6.71. The molecular weight excluding hydrogens is 555 g/mol. The molecule has 1 aliphatic heterocycles. The van der Waals surface area contributed by atoms with Crippen molar-refractivity contribution >= 4 is 41.9 Å². The van der Waals surface area contributed by atoms with Crippen LogP contribution in [-0.2, 0) is 28.1 Å². The lowest BCUT2D eigenvalue weighted by molar-refractivity contribution is -0.150. The molecular formula is C24H32ClN4O9P. The number of pyridine rings is 1. The van der Waals surface area contributed by atoms with Crippen molar-refractivity contribution in [3.63, 3.8) is 0 Å². The molecule has 1 unspecified atom stereocenters. The van der Waals surface area contributed by atoms with Crippen molar-refractivity contribution in [3.8, 4) is 6.07 Å². The zero-order valence-corrected chi connectivity index (χ0v) is 23.0. The quantitative estimate of drug-likeness (QED) is 0.123. The molecule has 13 nitrogen and oxygen atoms in total. The number of hydrogen-bond acceptors (Lipinski definition) is 11. The molecule has 4 N–H and O–H groups in total. The first kappa shape index (κ1) is 29.7. The largest absolute Gasteiger partial charge is 0.438 e. The molecule has 1 saturated heterocycles. The van der Waals surface area contributed by atoms with Gasteiger partial charge in [0, 0.05) is 24.0 Å². The van der Waals surface area contributed by atoms with Crippen molar-refractivity contribution in [2.75, 3.05) is 25.1 Å². The molecule has 0 spiro atoms. The molecule has 2 aliphatic rings. The van der Waals surface area contributed by atoms with Crippen LogP contribution in [0.1, 0.15) is 57.2 Å². The summed E-state index contributed by atoms with van der Waals surface area (Å²) in [6, 6.07) is 4.04. The molecule has 15 heteroatoms. The third-order valence-corrected chi connectivity index (χ3v) is 8.00. The topological polar surface area (TPSA) is 185 Å². The van der Waals surface area contributed by atoms with Crippen LogP contribution < -0.4 is 5.32 Å². The van der Waals surface area contributed by atoms with Crippen molar-refractivity contribution in [1.82, 2.24) is 9.55 Å². The van der Waals surface area contributed by atoms with Crippen molar-refractivity contribution in [3.05, 3.63) is 23.0 Å². The predicted octanol–water partition coefficient (Wildman–Crippen LogP) is 3.01. The number of hydrogen-bond donors (Lipinski definition) is 4. The highest BCUT2D eigenvalue weighted by atomic mass is 35.5. The molecule has 0 bridgehead atoms. The number of aliphatic hydroxyl groups is 2. The number of nitriles is 1. The van der Waals surface area contributed by atoms with Crippen LogP contribution >= 0.6 is 19.2 Å². The number of rotatable bonds is 12. The van der Waals surface area contributed by atoms with Crippen molar-refractivity contribution < 1.29 is 43.2 Å². The lowest BCUT2D eigenvalue weighted by Crippen LogP contribution is -2.34. The highest BCUT2D eigenvalue weighted by molar-refractivity contribution is 7.52. The van der Waals surface area contributed by atoms with Gasteiger partial charge in [-0.1, -0.05) is 31.4 Å². The minimum absolute atomic E-state index is 0.00237. The summed E-state index contributed by atoms with van der Waals surface area (Å²) in [5, 5.41) is 35.0. The van der Waals surface area contributed by atoms with Crippen LogP contribution in [0.2, 0.25) is 5.15 Å². The molecule has 4 rings (SSSR count). The van der Waals surface area contributed by atoms with Gasteiger partial charge < -0.3 is 39.2 Å². The van der Waals surface area contributed by atoms with E-state index in [2.05, 4.69) is 16.4 Å². The number of nitrogens with one attached hydrogen (secondary N) is 1. The zero-order valence-electron chi connectivity index (χ0n) is 21.4. The fourth-order valence-corrected chi connectivity index (χ4v) is 5.58. The second-order valence-electron chi connectivity index (χ2n) is 9.55. The average Bonchev–Trinajstić information content (AvgIpc) is 3.61. The maximum Gasteiger partial charge on any atom is 0.356 e. The summed E-state index contributed by atoms with van der Waals surface area (Å²) in [7, 11) is -4.25. The Bertz CT molecular complexity index is 1260. The van der Waals surface area contributed by atoms with Gasteiger partial charge in [0.1, 0.15) is 41.9 Å². The van der Waals surface area contributed by atoms with Crippen LogP contribution in [0.3, 0.4) is 0 Å². The van der Waals surface area contributed by atoms with E-state index < -0.39 is 51.2 Å². The number of ether oxygens (including phenoxy) is 3. The summed E-state index contributed by atoms with van der Waals surface area (Å²) < 4.78 is 34.1. The van der Waals surface area contributed by atoms with Gasteiger partial charge in [0.2, 0.25) is 6.79 Å². The minimum atomic E-state index is -4.25. The van der Waals surface area contributed by atoms with E-state index in [9.17, 15) is 29.7 Å². The van der Waals surface area contributed by atoms with E-state index in [-0.39, 0.29) is 29.8 Å². The summed E-state index contributed by atoms with van der Waals surface area (Å²) in [6.45, 7) is 0.758. The predicted molar refractivity (Wildman–Crippen MR) is 139 cm³/mol. The highest BCUT2D eigenvalue weighted by Crippen LogP contribution is 2.42. The number of fused-ring (bicyclic) bond motifs is 1. The Labute approximate surface area is 230 Å². The van der Waals surface area contributed by atoms with Crippen LogP contribution in [0.15, 0.2) is 12.3 Å². The van der Waals surface area contributed by atoms with Gasteiger partial charge in [-0.15, -0.1) is 0 Å². The fraction of sp³-hybridized carbons (Fsp3) is 0.625. The maximum atomic E-state index is 12.1. The molecule has 1 aliphatic carbocycles. The summed E-state index contributed by atoms with van der Waals surface area (Å²) in [6.07, 6.45) is 0.846. The molecule has 2 fully saturated rings. The van der Waals surface area contributed by atoms with Crippen molar-refractivity contribution in [1.29, 1.82) is 5.26 Å². The molecule has 0 aromatic carbocycles. The number of nitrogens with zero attached hydrogens (tertiary/aromatic N) is 3. The van der Waals surface area contributed by atoms with E-state index in [0.717, 1.165) is 25.7 Å². The Balaban J connectivity index is 1.42. The second kappa shape index (κ2) is 12.9. The monoisotopic (exact) mass is 586 g/mol. The standard InChI is InChI=1S/C24H32ClN4O9P/c1-2-5-18(30)36-12-37-39(33,34)13-35-11-17-20(31)21(32)24(38-17)29-9-8-15-19(27-14-6-3-4-7-14)16(10-26)22(25)28-23(15)29/h8-9,14,17,20-21,24,31-32H,2-7,11-13H2,1H3,(H,27,28)(H,33,34)/t17-,20-,21-,24-/m1/s1. The number of aromatic nitrogens is 2. The molecule has 3 heterocycles. The molecule has 2 aromatic rings. The van der Waals surface area contributed by atoms with Gasteiger partial charge in [-0.2, -0.15) is 5.26 Å². The first-order valence-corrected chi connectivity index (χ1v) is 14.9. The summed E-state index contributed by atoms with van der Waals surface area (Å²) in [4.78, 5) is 25.6. The lowest BCUT2D eigenvalue weighted by atomic mass is 10.1. The van der Waals surface area contributed by atoms with E-state index in [1.807, 2.05) is 0 Å². The Morgan fingerprint density at radius 1 is 1.36 bits per heavy atom. The van der Waals surface area contributed by atoms with Crippen molar-refractivity contribution in [2.45, 2.75) is 76.0 Å². The van der Waals surface area contributed by atoms with Crippen molar-refractivity contribution in [2.24, 2.45) is 0 Å². The number of halogens is 1. The van der Waals surface area contributed by atoms with Gasteiger partial charge in [-0.05, 0) is 25.3 Å². The van der Waals surface area contributed by atoms with E-state index in [0.29, 0.717) is 23.1 Å². The lowest BCUT2D eigenvalue weighted by Gasteiger charge is -2.19. The molecule has 5 atom stereocenters. The van der Waals surface area contributed by atoms with E-state index in [4.69, 9.17) is 30.3 Å². The normalized spacial score (nSPS) is 25.0. The van der Waals surface area contributed by atoms with Gasteiger partial charge in [0.15, 0.2) is 11.4 Å². The molecule has 214 valence electrons. The molecule has 0 radical (unpaired) electrons. The Hall–Kier alpha value is -2.27. The Morgan fingerprint density at radius 3 is 2.79 bits per heavy atom. The minimum Gasteiger partial charge on any atom is -0.438 e. The van der Waals surface area contributed by atoms with E-state index >= 15 is 0 Å². The number of carbonyl (C=O) groups is 1. The third kappa shape index (κ3) is 6.90. The Kier molecular flexibility index (Phi) is 9.85. The molecule has 0 amide bonds. The summed E-state index contributed by atoms with van der Waals surface area (Å²) in [5.74, 6) is -0.556. The first-order chi connectivity index (χ1) is 18.6. The number of anilines is 1. The van der Waals surface area contributed by atoms with Gasteiger partial charge in [-0.25, -0.2) is 4.98 Å². The molecule has 1 saturated carbocycles. The summed E-state index contributed by atoms with van der Waals surface area (Å²) in [5.41, 5.74) is 1.14.